The van der Waals surface area contributed by atoms with Gasteiger partial charge in [0.1, 0.15) is 0 Å². The molecule has 0 fully saturated rings. The molecule has 1 aromatic rings. The summed E-state index contributed by atoms with van der Waals surface area (Å²) in [6.45, 7) is 9.12. The number of hydrogen-bond donors (Lipinski definition) is 1. The van der Waals surface area contributed by atoms with Crippen LogP contribution in [0, 0.1) is 5.41 Å². The lowest BCUT2D eigenvalue weighted by Gasteiger charge is -2.30. The van der Waals surface area contributed by atoms with E-state index in [9.17, 15) is 0 Å². The maximum Gasteiger partial charge on any atom is 0.0116 e. The van der Waals surface area contributed by atoms with E-state index in [-0.39, 0.29) is 0 Å². The standard InChI is InChI=1S/C16H27N/c1-6-13-8-7-9-14(12-13)10-11-15(17-5)16(2,3)4/h7-9,12,15,17H,6,10-11H2,1-5H3. The Hall–Kier alpha value is -0.820. The van der Waals surface area contributed by atoms with Gasteiger partial charge in [-0.05, 0) is 42.9 Å². The van der Waals surface area contributed by atoms with E-state index < -0.39 is 0 Å². The van der Waals surface area contributed by atoms with Gasteiger partial charge in [0.15, 0.2) is 0 Å². The predicted molar refractivity (Wildman–Crippen MR) is 76.4 cm³/mol. The zero-order valence-electron chi connectivity index (χ0n) is 12.0. The van der Waals surface area contributed by atoms with Crippen LogP contribution in [0.2, 0.25) is 0 Å². The third-order valence-corrected chi connectivity index (χ3v) is 3.52. The Morgan fingerprint density at radius 1 is 1.18 bits per heavy atom. The summed E-state index contributed by atoms with van der Waals surface area (Å²) in [4.78, 5) is 0. The van der Waals surface area contributed by atoms with Crippen molar-refractivity contribution in [3.8, 4) is 0 Å². The molecule has 1 nitrogen and oxygen atoms in total. The molecule has 0 radical (unpaired) electrons. The first kappa shape index (κ1) is 14.2. The topological polar surface area (TPSA) is 12.0 Å². The molecule has 0 spiro atoms. The summed E-state index contributed by atoms with van der Waals surface area (Å²) < 4.78 is 0. The maximum absolute atomic E-state index is 3.44. The first-order valence-electron chi connectivity index (χ1n) is 6.72. The fraction of sp³-hybridized carbons (Fsp3) is 0.625. The second kappa shape index (κ2) is 6.20. The number of hydrogen-bond acceptors (Lipinski definition) is 1. The molecule has 1 rings (SSSR count). The van der Waals surface area contributed by atoms with Crippen molar-refractivity contribution in [1.29, 1.82) is 0 Å². The molecule has 1 N–H and O–H groups in total. The molecule has 1 aromatic carbocycles. The molecule has 0 heterocycles. The van der Waals surface area contributed by atoms with Gasteiger partial charge >= 0.3 is 0 Å². The molecule has 17 heavy (non-hydrogen) atoms. The van der Waals surface area contributed by atoms with E-state index >= 15 is 0 Å². The summed E-state index contributed by atoms with van der Waals surface area (Å²) in [5.41, 5.74) is 3.24. The van der Waals surface area contributed by atoms with Crippen molar-refractivity contribution in [2.75, 3.05) is 7.05 Å². The summed E-state index contributed by atoms with van der Waals surface area (Å²) in [6.07, 6.45) is 3.49. The molecule has 0 saturated carbocycles. The Kier molecular flexibility index (Phi) is 5.20. The van der Waals surface area contributed by atoms with Crippen molar-refractivity contribution < 1.29 is 0 Å². The van der Waals surface area contributed by atoms with Gasteiger partial charge in [0, 0.05) is 6.04 Å². The SMILES string of the molecule is CCc1cccc(CCC(NC)C(C)(C)C)c1. The molecule has 0 aromatic heterocycles. The largest absolute Gasteiger partial charge is 0.316 e. The molecule has 0 aliphatic heterocycles. The average Bonchev–Trinajstić information content (AvgIpc) is 2.28. The maximum atomic E-state index is 3.44. The molecule has 1 atom stereocenters. The highest BCUT2D eigenvalue weighted by Crippen LogP contribution is 2.23. The van der Waals surface area contributed by atoms with Crippen LogP contribution in [0.4, 0.5) is 0 Å². The van der Waals surface area contributed by atoms with Crippen LogP contribution in [-0.4, -0.2) is 13.1 Å². The van der Waals surface area contributed by atoms with Gasteiger partial charge in [-0.25, -0.2) is 0 Å². The van der Waals surface area contributed by atoms with Crippen molar-refractivity contribution in [3.63, 3.8) is 0 Å². The Morgan fingerprint density at radius 2 is 1.82 bits per heavy atom. The summed E-state index contributed by atoms with van der Waals surface area (Å²) in [5, 5.41) is 3.44. The van der Waals surface area contributed by atoms with Crippen molar-refractivity contribution in [1.82, 2.24) is 5.32 Å². The Labute approximate surface area is 107 Å². The van der Waals surface area contributed by atoms with Crippen LogP contribution in [0.1, 0.15) is 45.2 Å². The fourth-order valence-corrected chi connectivity index (χ4v) is 2.33. The van der Waals surface area contributed by atoms with Crippen molar-refractivity contribution in [2.24, 2.45) is 5.41 Å². The Bertz CT molecular complexity index is 336. The molecule has 0 bridgehead atoms. The van der Waals surface area contributed by atoms with Gasteiger partial charge in [-0.3, -0.25) is 0 Å². The number of benzene rings is 1. The Morgan fingerprint density at radius 3 is 2.35 bits per heavy atom. The van der Waals surface area contributed by atoms with E-state index in [0.29, 0.717) is 11.5 Å². The van der Waals surface area contributed by atoms with Gasteiger partial charge in [0.25, 0.3) is 0 Å². The third-order valence-electron chi connectivity index (χ3n) is 3.52. The molecule has 0 saturated heterocycles. The summed E-state index contributed by atoms with van der Waals surface area (Å²) in [7, 11) is 2.07. The first-order valence-corrected chi connectivity index (χ1v) is 6.72. The van der Waals surface area contributed by atoms with Gasteiger partial charge in [0.2, 0.25) is 0 Å². The lowest BCUT2D eigenvalue weighted by Crippen LogP contribution is -2.38. The normalized spacial score (nSPS) is 13.7. The van der Waals surface area contributed by atoms with Gasteiger partial charge < -0.3 is 5.32 Å². The van der Waals surface area contributed by atoms with Crippen molar-refractivity contribution >= 4 is 0 Å². The lowest BCUT2D eigenvalue weighted by atomic mass is 9.83. The minimum atomic E-state index is 0.330. The third kappa shape index (κ3) is 4.51. The summed E-state index contributed by atoms with van der Waals surface area (Å²) >= 11 is 0. The molecule has 96 valence electrons. The van der Waals surface area contributed by atoms with Crippen LogP contribution >= 0.6 is 0 Å². The van der Waals surface area contributed by atoms with Crippen LogP contribution in [-0.2, 0) is 12.8 Å². The highest BCUT2D eigenvalue weighted by molar-refractivity contribution is 5.23. The quantitative estimate of drug-likeness (QED) is 0.815. The van der Waals surface area contributed by atoms with Crippen molar-refractivity contribution in [2.45, 2.75) is 53.0 Å². The second-order valence-electron chi connectivity index (χ2n) is 5.92. The highest BCUT2D eigenvalue weighted by Gasteiger charge is 2.22. The minimum Gasteiger partial charge on any atom is -0.316 e. The minimum absolute atomic E-state index is 0.330. The van der Waals surface area contributed by atoms with E-state index in [1.807, 2.05) is 0 Å². The van der Waals surface area contributed by atoms with Crippen LogP contribution < -0.4 is 5.32 Å². The van der Waals surface area contributed by atoms with Crippen molar-refractivity contribution in [3.05, 3.63) is 35.4 Å². The zero-order valence-corrected chi connectivity index (χ0v) is 12.0. The fourth-order valence-electron chi connectivity index (χ4n) is 2.33. The molecular formula is C16H27N. The first-order chi connectivity index (χ1) is 7.97. The van der Waals surface area contributed by atoms with E-state index in [2.05, 4.69) is 64.3 Å². The monoisotopic (exact) mass is 233 g/mol. The van der Waals surface area contributed by atoms with Crippen LogP contribution in [0.15, 0.2) is 24.3 Å². The van der Waals surface area contributed by atoms with Gasteiger partial charge in [0.05, 0.1) is 0 Å². The molecular weight excluding hydrogens is 206 g/mol. The number of aryl methyl sites for hydroxylation is 2. The molecule has 0 aliphatic carbocycles. The van der Waals surface area contributed by atoms with Gasteiger partial charge in [-0.15, -0.1) is 0 Å². The van der Waals surface area contributed by atoms with E-state index in [1.54, 1.807) is 0 Å². The average molecular weight is 233 g/mol. The molecule has 0 amide bonds. The number of nitrogens with one attached hydrogen (secondary N) is 1. The van der Waals surface area contributed by atoms with E-state index in [4.69, 9.17) is 0 Å². The van der Waals surface area contributed by atoms with E-state index in [0.717, 1.165) is 12.8 Å². The summed E-state index contributed by atoms with van der Waals surface area (Å²) in [5.74, 6) is 0. The Balaban J connectivity index is 2.59. The highest BCUT2D eigenvalue weighted by atomic mass is 14.9. The molecule has 1 heteroatoms. The second-order valence-corrected chi connectivity index (χ2v) is 5.92. The van der Waals surface area contributed by atoms with Crippen LogP contribution in [0.3, 0.4) is 0 Å². The van der Waals surface area contributed by atoms with Gasteiger partial charge in [-0.2, -0.15) is 0 Å². The van der Waals surface area contributed by atoms with Crippen LogP contribution in [0.25, 0.3) is 0 Å². The van der Waals surface area contributed by atoms with Gasteiger partial charge in [-0.1, -0.05) is 52.0 Å². The summed E-state index contributed by atoms with van der Waals surface area (Å²) in [6, 6.07) is 9.56. The van der Waals surface area contributed by atoms with Crippen LogP contribution in [0.5, 0.6) is 0 Å². The molecule has 1 unspecified atom stereocenters. The van der Waals surface area contributed by atoms with E-state index in [1.165, 1.54) is 17.5 Å². The number of rotatable bonds is 5. The lowest BCUT2D eigenvalue weighted by molar-refractivity contribution is 0.268. The zero-order chi connectivity index (χ0) is 12.9. The molecule has 0 aliphatic rings. The smallest absolute Gasteiger partial charge is 0.0116 e. The predicted octanol–water partition coefficient (Wildman–Crippen LogP) is 3.82.